The number of halogens is 2. The van der Waals surface area contributed by atoms with Crippen molar-refractivity contribution in [3.05, 3.63) is 29.3 Å². The van der Waals surface area contributed by atoms with Crippen molar-refractivity contribution < 1.29 is 13.9 Å². The predicted octanol–water partition coefficient (Wildman–Crippen LogP) is 3.08. The van der Waals surface area contributed by atoms with Crippen LogP contribution in [0.2, 0.25) is 0 Å². The fraction of sp³-hybridized carbons (Fsp3) is 0.571. The molecule has 100 valence electrons. The molecule has 0 bridgehead atoms. The number of rotatable bonds is 3. The Morgan fingerprint density at radius 3 is 2.44 bits per heavy atom. The first kappa shape index (κ1) is 13.3. The molecule has 0 aliphatic carbocycles. The van der Waals surface area contributed by atoms with E-state index in [1.165, 1.54) is 12.1 Å². The Kier molecular flexibility index (Phi) is 3.85. The zero-order valence-corrected chi connectivity index (χ0v) is 10.8. The van der Waals surface area contributed by atoms with Gasteiger partial charge in [-0.05, 0) is 36.5 Å². The Hall–Kier alpha value is -1.16. The van der Waals surface area contributed by atoms with Crippen molar-refractivity contribution in [2.45, 2.75) is 39.3 Å². The molecule has 4 heteroatoms. The summed E-state index contributed by atoms with van der Waals surface area (Å²) < 4.78 is 28.0. The third-order valence-electron chi connectivity index (χ3n) is 3.62. The van der Waals surface area contributed by atoms with Crippen LogP contribution in [0.5, 0.6) is 0 Å². The van der Waals surface area contributed by atoms with Crippen molar-refractivity contribution in [2.75, 3.05) is 11.4 Å². The standard InChI is InChI=1S/C14H19F2NO/c1-9(2)13-4-3-5-17(13)14-11(15)6-10(8-18)7-12(14)16/h6-7,9,13,18H,3-5,8H2,1-2H3. The van der Waals surface area contributed by atoms with Gasteiger partial charge in [-0.25, -0.2) is 8.78 Å². The number of anilines is 1. The van der Waals surface area contributed by atoms with Gasteiger partial charge in [0, 0.05) is 12.6 Å². The van der Waals surface area contributed by atoms with Gasteiger partial charge in [0.15, 0.2) is 0 Å². The molecule has 0 aromatic heterocycles. The maximum atomic E-state index is 14.0. The number of nitrogens with zero attached hydrogens (tertiary/aromatic N) is 1. The van der Waals surface area contributed by atoms with Crippen LogP contribution in [0.25, 0.3) is 0 Å². The second kappa shape index (κ2) is 5.22. The van der Waals surface area contributed by atoms with Crippen molar-refractivity contribution in [2.24, 2.45) is 5.92 Å². The lowest BCUT2D eigenvalue weighted by atomic mass is 10.0. The van der Waals surface area contributed by atoms with Gasteiger partial charge >= 0.3 is 0 Å². The van der Waals surface area contributed by atoms with Gasteiger partial charge in [0.25, 0.3) is 0 Å². The highest BCUT2D eigenvalue weighted by atomic mass is 19.1. The summed E-state index contributed by atoms with van der Waals surface area (Å²) in [7, 11) is 0. The fourth-order valence-corrected chi connectivity index (χ4v) is 2.75. The fourth-order valence-electron chi connectivity index (χ4n) is 2.75. The molecule has 1 fully saturated rings. The summed E-state index contributed by atoms with van der Waals surface area (Å²) >= 11 is 0. The van der Waals surface area contributed by atoms with Crippen LogP contribution in [0.3, 0.4) is 0 Å². The van der Waals surface area contributed by atoms with Crippen molar-refractivity contribution in [3.8, 4) is 0 Å². The zero-order valence-electron chi connectivity index (χ0n) is 10.8. The Balaban J connectivity index is 2.38. The number of hydrogen-bond donors (Lipinski definition) is 1. The lowest BCUT2D eigenvalue weighted by Gasteiger charge is -2.30. The number of hydrogen-bond acceptors (Lipinski definition) is 2. The molecule has 1 aromatic rings. The molecule has 0 spiro atoms. The van der Waals surface area contributed by atoms with Gasteiger partial charge in [0.2, 0.25) is 0 Å². The lowest BCUT2D eigenvalue weighted by Crippen LogP contribution is -2.34. The van der Waals surface area contributed by atoms with Crippen molar-refractivity contribution in [3.63, 3.8) is 0 Å². The molecule has 1 saturated heterocycles. The minimum Gasteiger partial charge on any atom is -0.392 e. The Morgan fingerprint density at radius 2 is 1.94 bits per heavy atom. The maximum Gasteiger partial charge on any atom is 0.149 e. The molecule has 0 radical (unpaired) electrons. The average Bonchev–Trinajstić information content (AvgIpc) is 2.77. The van der Waals surface area contributed by atoms with E-state index in [4.69, 9.17) is 5.11 Å². The minimum absolute atomic E-state index is 0.0587. The molecule has 2 rings (SSSR count). The molecule has 0 saturated carbocycles. The molecule has 1 N–H and O–H groups in total. The van der Waals surface area contributed by atoms with Crippen LogP contribution < -0.4 is 4.90 Å². The Bertz CT molecular complexity index is 411. The monoisotopic (exact) mass is 255 g/mol. The van der Waals surface area contributed by atoms with E-state index in [9.17, 15) is 8.78 Å². The average molecular weight is 255 g/mol. The summed E-state index contributed by atoms with van der Waals surface area (Å²) in [6.45, 7) is 4.48. The number of benzene rings is 1. The summed E-state index contributed by atoms with van der Waals surface area (Å²) in [6, 6.07) is 2.62. The highest BCUT2D eigenvalue weighted by Crippen LogP contribution is 2.34. The third-order valence-corrected chi connectivity index (χ3v) is 3.62. The third kappa shape index (κ3) is 2.34. The molecule has 1 atom stereocenters. The molecule has 1 aromatic carbocycles. The number of aliphatic hydroxyl groups excluding tert-OH is 1. The first-order valence-corrected chi connectivity index (χ1v) is 6.40. The van der Waals surface area contributed by atoms with Crippen LogP contribution in [0.4, 0.5) is 14.5 Å². The molecular weight excluding hydrogens is 236 g/mol. The van der Waals surface area contributed by atoms with Crippen molar-refractivity contribution in [1.82, 2.24) is 0 Å². The summed E-state index contributed by atoms with van der Waals surface area (Å²) in [5.74, 6) is -0.790. The first-order valence-electron chi connectivity index (χ1n) is 6.40. The van der Waals surface area contributed by atoms with Gasteiger partial charge < -0.3 is 10.0 Å². The highest BCUT2D eigenvalue weighted by molar-refractivity contribution is 5.52. The van der Waals surface area contributed by atoms with Crippen LogP contribution in [-0.4, -0.2) is 17.7 Å². The van der Waals surface area contributed by atoms with E-state index in [1.807, 2.05) is 4.90 Å². The van der Waals surface area contributed by atoms with E-state index in [-0.39, 0.29) is 23.9 Å². The second-order valence-corrected chi connectivity index (χ2v) is 5.21. The van der Waals surface area contributed by atoms with Gasteiger partial charge in [-0.2, -0.15) is 0 Å². The molecular formula is C14H19F2NO. The molecule has 1 aliphatic heterocycles. The van der Waals surface area contributed by atoms with Crippen molar-refractivity contribution in [1.29, 1.82) is 0 Å². The van der Waals surface area contributed by atoms with E-state index in [0.717, 1.165) is 12.8 Å². The van der Waals surface area contributed by atoms with Crippen LogP contribution in [0.1, 0.15) is 32.3 Å². The van der Waals surface area contributed by atoms with Crippen LogP contribution in [0, 0.1) is 17.6 Å². The largest absolute Gasteiger partial charge is 0.392 e. The lowest BCUT2D eigenvalue weighted by molar-refractivity contribution is 0.280. The van der Waals surface area contributed by atoms with E-state index in [0.29, 0.717) is 12.5 Å². The molecule has 1 aliphatic rings. The van der Waals surface area contributed by atoms with Gasteiger partial charge in [-0.3, -0.25) is 0 Å². The normalized spacial score (nSPS) is 19.9. The smallest absolute Gasteiger partial charge is 0.149 e. The second-order valence-electron chi connectivity index (χ2n) is 5.21. The SMILES string of the molecule is CC(C)C1CCCN1c1c(F)cc(CO)cc1F. The number of aliphatic hydroxyl groups is 1. The summed E-state index contributed by atoms with van der Waals surface area (Å²) in [4.78, 5) is 1.83. The molecule has 2 nitrogen and oxygen atoms in total. The van der Waals surface area contributed by atoms with Crippen LogP contribution >= 0.6 is 0 Å². The van der Waals surface area contributed by atoms with E-state index in [2.05, 4.69) is 13.8 Å². The quantitative estimate of drug-likeness (QED) is 0.897. The highest BCUT2D eigenvalue weighted by Gasteiger charge is 2.31. The molecule has 0 amide bonds. The van der Waals surface area contributed by atoms with Crippen molar-refractivity contribution >= 4 is 5.69 Å². The minimum atomic E-state index is -0.577. The zero-order chi connectivity index (χ0) is 13.3. The van der Waals surface area contributed by atoms with Gasteiger partial charge in [0.1, 0.15) is 17.3 Å². The predicted molar refractivity (Wildman–Crippen MR) is 67.5 cm³/mol. The first-order chi connectivity index (χ1) is 8.54. The van der Waals surface area contributed by atoms with Gasteiger partial charge in [-0.1, -0.05) is 13.8 Å². The Labute approximate surface area is 106 Å². The topological polar surface area (TPSA) is 23.5 Å². The molecule has 1 unspecified atom stereocenters. The summed E-state index contributed by atoms with van der Waals surface area (Å²) in [5, 5.41) is 8.94. The Morgan fingerprint density at radius 1 is 1.33 bits per heavy atom. The summed E-state index contributed by atoms with van der Waals surface area (Å²) in [5.41, 5.74) is 0.331. The maximum absolute atomic E-state index is 14.0. The van der Waals surface area contributed by atoms with E-state index >= 15 is 0 Å². The van der Waals surface area contributed by atoms with E-state index in [1.54, 1.807) is 0 Å². The molecule has 1 heterocycles. The van der Waals surface area contributed by atoms with E-state index < -0.39 is 11.6 Å². The van der Waals surface area contributed by atoms with Gasteiger partial charge in [0.05, 0.1) is 6.61 Å². The summed E-state index contributed by atoms with van der Waals surface area (Å²) in [6.07, 6.45) is 1.93. The van der Waals surface area contributed by atoms with Crippen LogP contribution in [0.15, 0.2) is 12.1 Å². The molecule has 18 heavy (non-hydrogen) atoms. The van der Waals surface area contributed by atoms with Gasteiger partial charge in [-0.15, -0.1) is 0 Å². The van der Waals surface area contributed by atoms with Crippen LogP contribution in [-0.2, 0) is 6.61 Å².